The number of benzene rings is 4. The zero-order valence-corrected chi connectivity index (χ0v) is 26.8. The molecule has 0 N–H and O–H groups in total. The molecule has 0 heterocycles. The Morgan fingerprint density at radius 3 is 2.43 bits per heavy atom. The Hall–Kier alpha value is -4.36. The van der Waals surface area contributed by atoms with Crippen LogP contribution < -0.4 is 4.90 Å². The maximum Gasteiger partial charge on any atom is 0.0420 e. The molecule has 0 saturated carbocycles. The summed E-state index contributed by atoms with van der Waals surface area (Å²) in [7, 11) is 0. The average molecular weight is 574 g/mol. The van der Waals surface area contributed by atoms with E-state index < -0.39 is 0 Å². The van der Waals surface area contributed by atoms with Crippen LogP contribution in [0.4, 0.5) is 11.4 Å². The predicted molar refractivity (Wildman–Crippen MR) is 191 cm³/mol. The molecule has 0 aliphatic heterocycles. The molecule has 1 nitrogen and oxygen atoms in total. The van der Waals surface area contributed by atoms with Crippen molar-refractivity contribution in [2.24, 2.45) is 5.41 Å². The zero-order chi connectivity index (χ0) is 30.6. The first-order chi connectivity index (χ1) is 21.2. The molecule has 3 aliphatic carbocycles. The Labute approximate surface area is 263 Å². The first-order valence-corrected chi connectivity index (χ1v) is 16.1. The molecule has 7 rings (SSSR count). The minimum Gasteiger partial charge on any atom is -0.338 e. The summed E-state index contributed by atoms with van der Waals surface area (Å²) in [6, 6.07) is 31.9. The SMILES string of the molecule is C=C/C=C(\C=C/CN(c1ccccc1)c1ccc2cc3c(cc2c1)C(C)(C)C1=C3C2=CCC(C2)c2ccccc21)C(C)(C)C. The molecule has 0 spiro atoms. The van der Waals surface area contributed by atoms with Crippen LogP contribution in [0.2, 0.25) is 0 Å². The van der Waals surface area contributed by atoms with E-state index >= 15 is 0 Å². The molecule has 2 bridgehead atoms. The van der Waals surface area contributed by atoms with E-state index in [1.807, 2.05) is 6.08 Å². The Kier molecular flexibility index (Phi) is 6.89. The van der Waals surface area contributed by atoms with Crippen LogP contribution in [0.15, 0.2) is 133 Å². The third-order valence-corrected chi connectivity index (χ3v) is 10.0. The number of hydrogen-bond donors (Lipinski definition) is 0. The lowest BCUT2D eigenvalue weighted by Gasteiger charge is -2.28. The van der Waals surface area contributed by atoms with Gasteiger partial charge in [0.05, 0.1) is 0 Å². The van der Waals surface area contributed by atoms with Crippen LogP contribution in [-0.4, -0.2) is 6.54 Å². The highest BCUT2D eigenvalue weighted by atomic mass is 15.1. The summed E-state index contributed by atoms with van der Waals surface area (Å²) in [5.41, 5.74) is 14.1. The smallest absolute Gasteiger partial charge is 0.0420 e. The number of hydrogen-bond acceptors (Lipinski definition) is 1. The number of rotatable bonds is 6. The summed E-state index contributed by atoms with van der Waals surface area (Å²) in [5, 5.41) is 2.60. The molecule has 3 aliphatic rings. The van der Waals surface area contributed by atoms with Gasteiger partial charge in [-0.2, -0.15) is 0 Å². The van der Waals surface area contributed by atoms with Gasteiger partial charge >= 0.3 is 0 Å². The van der Waals surface area contributed by atoms with E-state index in [1.54, 1.807) is 5.57 Å². The zero-order valence-electron chi connectivity index (χ0n) is 26.8. The van der Waals surface area contributed by atoms with Crippen LogP contribution in [0.5, 0.6) is 0 Å². The van der Waals surface area contributed by atoms with Gasteiger partial charge in [-0.05, 0) is 116 Å². The van der Waals surface area contributed by atoms with Gasteiger partial charge in [-0.25, -0.2) is 0 Å². The van der Waals surface area contributed by atoms with Crippen molar-refractivity contribution in [1.29, 1.82) is 0 Å². The fourth-order valence-electron chi connectivity index (χ4n) is 7.74. The second-order valence-corrected chi connectivity index (χ2v) is 14.2. The van der Waals surface area contributed by atoms with Crippen molar-refractivity contribution >= 4 is 33.3 Å². The fourth-order valence-corrected chi connectivity index (χ4v) is 7.74. The molecular formula is C43H43N. The lowest BCUT2D eigenvalue weighted by atomic mass is 9.75. The van der Waals surface area contributed by atoms with E-state index in [0.717, 1.165) is 19.4 Å². The van der Waals surface area contributed by atoms with Gasteiger partial charge in [-0.15, -0.1) is 0 Å². The Balaban J connectivity index is 1.32. The van der Waals surface area contributed by atoms with E-state index in [-0.39, 0.29) is 10.8 Å². The van der Waals surface area contributed by atoms with Crippen molar-refractivity contribution in [1.82, 2.24) is 0 Å². The van der Waals surface area contributed by atoms with Crippen molar-refractivity contribution in [2.45, 2.75) is 58.8 Å². The van der Waals surface area contributed by atoms with Crippen molar-refractivity contribution in [3.05, 3.63) is 155 Å². The van der Waals surface area contributed by atoms with Gasteiger partial charge in [-0.3, -0.25) is 0 Å². The molecule has 44 heavy (non-hydrogen) atoms. The molecule has 0 amide bonds. The van der Waals surface area contributed by atoms with Crippen LogP contribution >= 0.6 is 0 Å². The molecule has 0 aromatic heterocycles. The molecule has 1 atom stereocenters. The predicted octanol–water partition coefficient (Wildman–Crippen LogP) is 11.7. The Bertz CT molecular complexity index is 1900. The largest absolute Gasteiger partial charge is 0.338 e. The van der Waals surface area contributed by atoms with Crippen LogP contribution in [0.25, 0.3) is 21.9 Å². The van der Waals surface area contributed by atoms with Crippen LogP contribution in [0.3, 0.4) is 0 Å². The van der Waals surface area contributed by atoms with Gasteiger partial charge < -0.3 is 4.90 Å². The second-order valence-electron chi connectivity index (χ2n) is 14.2. The first kappa shape index (κ1) is 28.4. The van der Waals surface area contributed by atoms with Gasteiger partial charge in [0, 0.05) is 23.3 Å². The van der Waals surface area contributed by atoms with Crippen molar-refractivity contribution in [3.63, 3.8) is 0 Å². The standard InChI is InChI=1S/C43H43N/c1-7-14-33(42(2,3)4)15-13-24-44(34-16-9-8-10-17-34)35-23-22-29-27-38-39(28-32(29)26-35)43(5,6)41-37-19-12-11-18-36(37)30-20-21-31(25-30)40(38)41/h7-19,21-23,26-28,30H,1,20,24-25H2,2-6H3/b15-13-,33-14+. The average Bonchev–Trinajstić information content (AvgIpc) is 3.53. The molecular weight excluding hydrogens is 530 g/mol. The summed E-state index contributed by atoms with van der Waals surface area (Å²) in [6.07, 6.45) is 13.4. The molecule has 1 unspecified atom stereocenters. The highest BCUT2D eigenvalue weighted by molar-refractivity contribution is 6.10. The van der Waals surface area contributed by atoms with E-state index in [4.69, 9.17) is 0 Å². The molecule has 4 aromatic carbocycles. The van der Waals surface area contributed by atoms with Gasteiger partial charge in [-0.1, -0.05) is 120 Å². The van der Waals surface area contributed by atoms with E-state index in [0.29, 0.717) is 5.92 Å². The first-order valence-electron chi connectivity index (χ1n) is 16.1. The van der Waals surface area contributed by atoms with Crippen molar-refractivity contribution < 1.29 is 0 Å². The number of fused-ring (bicyclic) bond motifs is 9. The maximum atomic E-state index is 3.94. The van der Waals surface area contributed by atoms with Crippen molar-refractivity contribution in [2.75, 3.05) is 11.4 Å². The third-order valence-electron chi connectivity index (χ3n) is 10.0. The monoisotopic (exact) mass is 573 g/mol. The second kappa shape index (κ2) is 10.7. The molecule has 4 aromatic rings. The number of para-hydroxylation sites is 1. The quantitative estimate of drug-likeness (QED) is 0.207. The van der Waals surface area contributed by atoms with Crippen LogP contribution in [0, 0.1) is 5.41 Å². The molecule has 220 valence electrons. The van der Waals surface area contributed by atoms with E-state index in [1.165, 1.54) is 61.1 Å². The molecule has 0 radical (unpaired) electrons. The molecule has 1 heteroatoms. The number of nitrogens with zero attached hydrogens (tertiary/aromatic N) is 1. The summed E-state index contributed by atoms with van der Waals surface area (Å²) in [6.45, 7) is 16.3. The Morgan fingerprint density at radius 1 is 0.886 bits per heavy atom. The normalized spacial score (nSPS) is 18.6. The summed E-state index contributed by atoms with van der Waals surface area (Å²) >= 11 is 0. The van der Waals surface area contributed by atoms with Crippen LogP contribution in [-0.2, 0) is 5.41 Å². The van der Waals surface area contributed by atoms with E-state index in [9.17, 15) is 0 Å². The minimum absolute atomic E-state index is 0.0561. The lowest BCUT2D eigenvalue weighted by Crippen LogP contribution is -2.18. The van der Waals surface area contributed by atoms with Gasteiger partial charge in [0.25, 0.3) is 0 Å². The van der Waals surface area contributed by atoms with E-state index in [2.05, 4.69) is 155 Å². The highest BCUT2D eigenvalue weighted by Gasteiger charge is 2.43. The topological polar surface area (TPSA) is 3.24 Å². The molecule has 0 fully saturated rings. The lowest BCUT2D eigenvalue weighted by molar-refractivity contribution is 0.517. The number of anilines is 2. The number of allylic oxidation sites excluding steroid dienone is 8. The Morgan fingerprint density at radius 2 is 1.66 bits per heavy atom. The van der Waals surface area contributed by atoms with Crippen molar-refractivity contribution in [3.8, 4) is 0 Å². The third kappa shape index (κ3) is 4.70. The van der Waals surface area contributed by atoms with Gasteiger partial charge in [0.15, 0.2) is 0 Å². The summed E-state index contributed by atoms with van der Waals surface area (Å²) < 4.78 is 0. The van der Waals surface area contributed by atoms with Gasteiger partial charge in [0.1, 0.15) is 0 Å². The minimum atomic E-state index is -0.0705. The fraction of sp³-hybridized carbons (Fsp3) is 0.256. The maximum absolute atomic E-state index is 3.94. The van der Waals surface area contributed by atoms with Crippen LogP contribution in [0.1, 0.15) is 75.6 Å². The summed E-state index contributed by atoms with van der Waals surface area (Å²) in [4.78, 5) is 2.41. The highest BCUT2D eigenvalue weighted by Crippen LogP contribution is 2.59. The molecule has 0 saturated heterocycles. The van der Waals surface area contributed by atoms with Gasteiger partial charge in [0.2, 0.25) is 0 Å². The summed E-state index contributed by atoms with van der Waals surface area (Å²) in [5.74, 6) is 0.610.